The zero-order valence-corrected chi connectivity index (χ0v) is 18.1. The van der Waals surface area contributed by atoms with Crippen LogP contribution in [0.2, 0.25) is 0 Å². The van der Waals surface area contributed by atoms with Crippen molar-refractivity contribution in [3.63, 3.8) is 0 Å². The smallest absolute Gasteiger partial charge is 2.00 e. The molecule has 17 heavy (non-hydrogen) atoms. The van der Waals surface area contributed by atoms with Gasteiger partial charge in [0.15, 0.2) is 0 Å². The van der Waals surface area contributed by atoms with E-state index in [-0.39, 0.29) is 75.5 Å². The van der Waals surface area contributed by atoms with E-state index in [4.69, 9.17) is 48.1 Å². The fraction of sp³-hybridized carbons (Fsp3) is 0. The molecule has 12 nitrogen and oxygen atoms in total. The molecule has 96 valence electrons. The van der Waals surface area contributed by atoms with Crippen LogP contribution >= 0.6 is 0 Å². The van der Waals surface area contributed by atoms with E-state index in [1.54, 1.807) is 0 Å². The van der Waals surface area contributed by atoms with Crippen molar-refractivity contribution in [1.29, 1.82) is 0 Å². The third-order valence-corrected chi connectivity index (χ3v) is 0. The van der Waals surface area contributed by atoms with Crippen molar-refractivity contribution in [3.05, 3.63) is 0 Å². The Labute approximate surface area is 164 Å². The van der Waals surface area contributed by atoms with E-state index in [1.165, 1.54) is 0 Å². The molecule has 0 fully saturated rings. The molecule has 0 atom stereocenters. The number of rotatable bonds is 0. The topological polar surface area (TPSA) is 233 Å². The molecule has 0 aliphatic rings. The zero-order chi connectivity index (χ0) is 13.5. The van der Waals surface area contributed by atoms with Gasteiger partial charge in [0.25, 0.3) is 0 Å². The first kappa shape index (κ1) is 32.3. The van der Waals surface area contributed by atoms with Gasteiger partial charge in [-0.15, -0.1) is 0 Å². The van der Waals surface area contributed by atoms with Gasteiger partial charge in [-0.1, -0.05) is 0 Å². The Hall–Kier alpha value is 3.23. The van der Waals surface area contributed by atoms with Gasteiger partial charge in [-0.25, -0.2) is 0 Å². The van der Waals surface area contributed by atoms with Crippen LogP contribution in [0.3, 0.4) is 0 Å². The Morgan fingerprint density at radius 1 is 0.412 bits per heavy atom. The summed E-state index contributed by atoms with van der Waals surface area (Å²) in [5.74, 6) is 0. The molecule has 0 saturated carbocycles. The van der Waals surface area contributed by atoms with Gasteiger partial charge in [0.1, 0.15) is 0 Å². The van der Waals surface area contributed by atoms with Gasteiger partial charge < -0.3 is 0 Å². The summed E-state index contributed by atoms with van der Waals surface area (Å²) in [6, 6.07) is 0. The maximum atomic E-state index is 8.94. The molecule has 0 bridgehead atoms. The summed E-state index contributed by atoms with van der Waals surface area (Å²) in [5, 5.41) is 0. The summed E-state index contributed by atoms with van der Waals surface area (Å²) in [4.78, 5) is 0. The van der Waals surface area contributed by atoms with Gasteiger partial charge in [-0.05, 0) is 0 Å². The molecule has 0 aromatic heterocycles. The van der Waals surface area contributed by atoms with Crippen LogP contribution in [0.25, 0.3) is 0 Å². The SMILES string of the molecule is O=[As](O)(O)O.O=[As](O)(O)O.O=[As](O)(O)O.[Ca+2].[Ca+2]. The molecular weight excluding hydrogens is 497 g/mol. The summed E-state index contributed by atoms with van der Waals surface area (Å²) in [5.41, 5.74) is 0. The summed E-state index contributed by atoms with van der Waals surface area (Å²) in [7, 11) is 0. The molecule has 0 aliphatic heterocycles. The van der Waals surface area contributed by atoms with Gasteiger partial charge >= 0.3 is 167 Å². The zero-order valence-electron chi connectivity index (χ0n) is 8.01. The van der Waals surface area contributed by atoms with Crippen molar-refractivity contribution in [1.82, 2.24) is 0 Å². The Bertz CT molecular complexity index is 206. The Balaban J connectivity index is -0.0000000400. The van der Waals surface area contributed by atoms with Crippen LogP contribution < -0.4 is 0 Å². The Kier molecular flexibility index (Phi) is 26.9. The second-order valence-electron chi connectivity index (χ2n) is 1.54. The average Bonchev–Trinajstić information content (AvgIpc) is 1.41. The molecule has 0 unspecified atom stereocenters. The van der Waals surface area contributed by atoms with E-state index in [2.05, 4.69) is 0 Å². The maximum absolute atomic E-state index is 8.94. The molecule has 0 aromatic carbocycles. The third-order valence-electron chi connectivity index (χ3n) is 0. The molecular formula is H9As3Ca2O12+4. The quantitative estimate of drug-likeness (QED) is 0.140. The second kappa shape index (κ2) is 14.2. The van der Waals surface area contributed by atoms with Crippen molar-refractivity contribution in [2.24, 2.45) is 0 Å². The largest absolute Gasteiger partial charge is 2.00 e. The molecule has 0 aliphatic carbocycles. The second-order valence-corrected chi connectivity index (χ2v) is 8.00. The van der Waals surface area contributed by atoms with Crippen molar-refractivity contribution < 1.29 is 48.1 Å². The number of hydrogen-bond donors (Lipinski definition) is 9. The molecule has 0 rings (SSSR count). The predicted molar refractivity (Wildman–Crippen MR) is 50.8 cm³/mol. The van der Waals surface area contributed by atoms with Crippen LogP contribution in [0.5, 0.6) is 0 Å². The third kappa shape index (κ3) is 546. The maximum Gasteiger partial charge on any atom is 2.00 e. The van der Waals surface area contributed by atoms with Crippen LogP contribution in [0.1, 0.15) is 0 Å². The van der Waals surface area contributed by atoms with Crippen LogP contribution in [-0.2, 0) is 11.2 Å². The van der Waals surface area contributed by atoms with Crippen LogP contribution in [0, 0.1) is 0 Å². The predicted octanol–water partition coefficient (Wildman–Crippen LogP) is -7.27. The molecule has 0 saturated heterocycles. The normalized spacial score (nSPS) is 10.4. The van der Waals surface area contributed by atoms with E-state index in [0.717, 1.165) is 0 Å². The van der Waals surface area contributed by atoms with Crippen LogP contribution in [0.4, 0.5) is 0 Å². The van der Waals surface area contributed by atoms with Crippen LogP contribution in [0.15, 0.2) is 0 Å². The summed E-state index contributed by atoms with van der Waals surface area (Å²) < 4.78 is 92.1. The van der Waals surface area contributed by atoms with Crippen molar-refractivity contribution in [3.8, 4) is 0 Å². The molecule has 17 heteroatoms. The van der Waals surface area contributed by atoms with E-state index in [9.17, 15) is 0 Å². The molecule has 0 heterocycles. The Morgan fingerprint density at radius 2 is 0.412 bits per heavy atom. The van der Waals surface area contributed by atoms with Gasteiger partial charge in [0, 0.05) is 0 Å². The van der Waals surface area contributed by atoms with Crippen molar-refractivity contribution in [2.45, 2.75) is 0 Å². The van der Waals surface area contributed by atoms with Gasteiger partial charge in [0.05, 0.1) is 0 Å². The average molecular weight is 506 g/mol. The fourth-order valence-electron chi connectivity index (χ4n) is 0. The minimum Gasteiger partial charge on any atom is 2.00 e. The molecule has 0 amide bonds. The first-order valence-electron chi connectivity index (χ1n) is 2.35. The van der Waals surface area contributed by atoms with Crippen molar-refractivity contribution in [2.75, 3.05) is 0 Å². The van der Waals surface area contributed by atoms with Crippen LogP contribution in [-0.4, -0.2) is 156 Å². The monoisotopic (exact) mass is 506 g/mol. The van der Waals surface area contributed by atoms with Gasteiger partial charge in [0.2, 0.25) is 0 Å². The molecule has 9 N–H and O–H groups in total. The standard InChI is InChI=1S/3AsH3O4.2Ca/c3*2-1(3,4)5;;/h3*(H3,2,3,4,5);;/q;;;2*+2. The molecule has 0 aromatic rings. The first-order valence-corrected chi connectivity index (χ1v) is 12.2. The first-order chi connectivity index (χ1) is 6.00. The minimum absolute atomic E-state index is 0. The summed E-state index contributed by atoms with van der Waals surface area (Å²) in [6.07, 6.45) is 0. The fourth-order valence-corrected chi connectivity index (χ4v) is 0. The summed E-state index contributed by atoms with van der Waals surface area (Å²) in [6.45, 7) is 0. The van der Waals surface area contributed by atoms with Gasteiger partial charge in [-0.2, -0.15) is 0 Å². The number of hydrogen-bond acceptors (Lipinski definition) is 3. The van der Waals surface area contributed by atoms with Gasteiger partial charge in [-0.3, -0.25) is 0 Å². The van der Waals surface area contributed by atoms with E-state index in [0.29, 0.717) is 0 Å². The van der Waals surface area contributed by atoms with E-state index in [1.807, 2.05) is 0 Å². The van der Waals surface area contributed by atoms with E-state index < -0.39 is 43.5 Å². The minimum atomic E-state index is -5.12. The summed E-state index contributed by atoms with van der Waals surface area (Å²) >= 11 is -15.4. The molecule has 0 spiro atoms. The Morgan fingerprint density at radius 3 is 0.412 bits per heavy atom. The van der Waals surface area contributed by atoms with Crippen molar-refractivity contribution >= 4 is 119 Å². The molecule has 0 radical (unpaired) electrons. The van der Waals surface area contributed by atoms with E-state index >= 15 is 0 Å².